The standard InChI is InChI=1S/C18H22FN3OS/c19-16-6-2-1-5-14(16)7-8-20-17(23)11-15-13-24-18(21-15)12-22-9-3-4-10-22/h1-2,5-6,13H,3-4,7-12H2,(H,20,23). The Hall–Kier alpha value is -1.79. The molecule has 3 rings (SSSR count). The smallest absolute Gasteiger partial charge is 0.226 e. The SMILES string of the molecule is O=C(Cc1csc(CN2CCCC2)n1)NCCc1ccccc1F. The highest BCUT2D eigenvalue weighted by Crippen LogP contribution is 2.16. The van der Waals surface area contributed by atoms with Crippen molar-refractivity contribution < 1.29 is 9.18 Å². The number of likely N-dealkylation sites (tertiary alicyclic amines) is 1. The highest BCUT2D eigenvalue weighted by molar-refractivity contribution is 7.09. The molecule has 0 bridgehead atoms. The Bertz CT molecular complexity index is 682. The largest absolute Gasteiger partial charge is 0.355 e. The maximum Gasteiger partial charge on any atom is 0.226 e. The van der Waals surface area contributed by atoms with Crippen LogP contribution in [0.4, 0.5) is 4.39 Å². The first kappa shape index (κ1) is 17.0. The van der Waals surface area contributed by atoms with Crippen molar-refractivity contribution in [3.8, 4) is 0 Å². The number of thiazole rings is 1. The number of nitrogens with zero attached hydrogens (tertiary/aromatic N) is 2. The molecule has 24 heavy (non-hydrogen) atoms. The van der Waals surface area contributed by atoms with Gasteiger partial charge in [-0.15, -0.1) is 11.3 Å². The molecule has 1 fully saturated rings. The second kappa shape index (κ2) is 8.35. The first-order chi connectivity index (χ1) is 11.7. The van der Waals surface area contributed by atoms with E-state index in [0.29, 0.717) is 18.5 Å². The van der Waals surface area contributed by atoms with Gasteiger partial charge in [0.15, 0.2) is 0 Å². The van der Waals surface area contributed by atoms with Gasteiger partial charge in [0, 0.05) is 11.9 Å². The number of nitrogens with one attached hydrogen (secondary N) is 1. The monoisotopic (exact) mass is 347 g/mol. The number of halogens is 1. The molecule has 1 aromatic carbocycles. The van der Waals surface area contributed by atoms with Crippen LogP contribution in [-0.2, 0) is 24.2 Å². The molecule has 4 nitrogen and oxygen atoms in total. The van der Waals surface area contributed by atoms with E-state index < -0.39 is 0 Å². The summed E-state index contributed by atoms with van der Waals surface area (Å²) in [4.78, 5) is 18.9. The third-order valence-electron chi connectivity index (χ3n) is 4.17. The van der Waals surface area contributed by atoms with Crippen LogP contribution < -0.4 is 5.32 Å². The maximum atomic E-state index is 13.5. The second-order valence-electron chi connectivity index (χ2n) is 6.08. The molecule has 0 unspecified atom stereocenters. The van der Waals surface area contributed by atoms with Crippen LogP contribution >= 0.6 is 11.3 Å². The van der Waals surface area contributed by atoms with Gasteiger partial charge < -0.3 is 5.32 Å². The van der Waals surface area contributed by atoms with Gasteiger partial charge in [-0.3, -0.25) is 9.69 Å². The van der Waals surface area contributed by atoms with Crippen LogP contribution in [0.2, 0.25) is 0 Å². The second-order valence-corrected chi connectivity index (χ2v) is 7.03. The zero-order valence-corrected chi connectivity index (χ0v) is 14.4. The van der Waals surface area contributed by atoms with Crippen molar-refractivity contribution in [1.82, 2.24) is 15.2 Å². The van der Waals surface area contributed by atoms with Gasteiger partial charge >= 0.3 is 0 Å². The molecule has 1 amide bonds. The number of benzene rings is 1. The molecule has 2 aromatic rings. The van der Waals surface area contributed by atoms with Crippen LogP contribution in [0.5, 0.6) is 0 Å². The normalized spacial score (nSPS) is 14.9. The highest BCUT2D eigenvalue weighted by Gasteiger charge is 2.14. The predicted molar refractivity (Wildman–Crippen MR) is 93.4 cm³/mol. The minimum atomic E-state index is -0.224. The van der Waals surface area contributed by atoms with Gasteiger partial charge in [0.2, 0.25) is 5.91 Å². The van der Waals surface area contributed by atoms with Gasteiger partial charge in [0.25, 0.3) is 0 Å². The average molecular weight is 347 g/mol. The van der Waals surface area contributed by atoms with E-state index in [1.54, 1.807) is 29.5 Å². The minimum absolute atomic E-state index is 0.0654. The summed E-state index contributed by atoms with van der Waals surface area (Å²) >= 11 is 1.62. The lowest BCUT2D eigenvalue weighted by atomic mass is 10.1. The summed E-state index contributed by atoms with van der Waals surface area (Å²) in [6.07, 6.45) is 3.31. The van der Waals surface area contributed by atoms with Crippen molar-refractivity contribution in [2.24, 2.45) is 0 Å². The van der Waals surface area contributed by atoms with E-state index in [1.807, 2.05) is 5.38 Å². The van der Waals surface area contributed by atoms with Crippen molar-refractivity contribution in [2.45, 2.75) is 32.2 Å². The van der Waals surface area contributed by atoms with Gasteiger partial charge in [-0.25, -0.2) is 9.37 Å². The molecule has 1 saturated heterocycles. The number of hydrogen-bond acceptors (Lipinski definition) is 4. The van der Waals surface area contributed by atoms with Gasteiger partial charge in [0.1, 0.15) is 10.8 Å². The van der Waals surface area contributed by atoms with E-state index >= 15 is 0 Å². The minimum Gasteiger partial charge on any atom is -0.355 e. The lowest BCUT2D eigenvalue weighted by molar-refractivity contribution is -0.120. The summed E-state index contributed by atoms with van der Waals surface area (Å²) in [5, 5.41) is 5.87. The Labute approximate surface area is 145 Å². The lowest BCUT2D eigenvalue weighted by Crippen LogP contribution is -2.27. The van der Waals surface area contributed by atoms with E-state index in [2.05, 4.69) is 15.2 Å². The molecular formula is C18H22FN3OS. The summed E-state index contributed by atoms with van der Waals surface area (Å²) in [6, 6.07) is 6.65. The molecule has 6 heteroatoms. The average Bonchev–Trinajstić information content (AvgIpc) is 3.22. The van der Waals surface area contributed by atoms with Crippen molar-refractivity contribution in [3.05, 3.63) is 51.7 Å². The van der Waals surface area contributed by atoms with Crippen LogP contribution in [0.25, 0.3) is 0 Å². The van der Waals surface area contributed by atoms with Gasteiger partial charge in [-0.1, -0.05) is 18.2 Å². The predicted octanol–water partition coefficient (Wildman–Crippen LogP) is 2.78. The molecule has 0 radical (unpaired) electrons. The fraction of sp³-hybridized carbons (Fsp3) is 0.444. The molecule has 2 heterocycles. The Morgan fingerprint density at radius 1 is 1.29 bits per heavy atom. The number of carbonyl (C=O) groups is 1. The first-order valence-electron chi connectivity index (χ1n) is 8.36. The first-order valence-corrected chi connectivity index (χ1v) is 9.24. The highest BCUT2D eigenvalue weighted by atomic mass is 32.1. The third kappa shape index (κ3) is 4.85. The summed E-state index contributed by atoms with van der Waals surface area (Å²) in [5.41, 5.74) is 1.44. The van der Waals surface area contributed by atoms with E-state index in [9.17, 15) is 9.18 Å². The molecule has 1 N–H and O–H groups in total. The summed E-state index contributed by atoms with van der Waals surface area (Å²) < 4.78 is 13.5. The van der Waals surface area contributed by atoms with Gasteiger partial charge in [-0.05, 0) is 44.0 Å². The molecule has 0 saturated carbocycles. The van der Waals surface area contributed by atoms with Crippen LogP contribution in [0.1, 0.15) is 29.1 Å². The number of amides is 1. The number of rotatable bonds is 7. The third-order valence-corrected chi connectivity index (χ3v) is 5.06. The summed E-state index contributed by atoms with van der Waals surface area (Å²) in [5.74, 6) is -0.290. The van der Waals surface area contributed by atoms with Crippen LogP contribution in [0.15, 0.2) is 29.6 Å². The Morgan fingerprint density at radius 2 is 2.08 bits per heavy atom. The zero-order chi connectivity index (χ0) is 16.8. The van der Waals surface area contributed by atoms with Gasteiger partial charge in [-0.2, -0.15) is 0 Å². The molecule has 128 valence electrons. The Morgan fingerprint density at radius 3 is 2.88 bits per heavy atom. The number of carbonyl (C=O) groups excluding carboxylic acids is 1. The molecule has 0 spiro atoms. The summed E-state index contributed by atoms with van der Waals surface area (Å²) in [7, 11) is 0. The molecule has 1 aliphatic heterocycles. The Balaban J connectivity index is 1.41. The van der Waals surface area contributed by atoms with E-state index in [1.165, 1.54) is 18.9 Å². The molecule has 1 aliphatic rings. The van der Waals surface area contributed by atoms with Crippen LogP contribution in [0, 0.1) is 5.82 Å². The quantitative estimate of drug-likeness (QED) is 0.838. The topological polar surface area (TPSA) is 45.2 Å². The molecule has 1 aromatic heterocycles. The number of aromatic nitrogens is 1. The van der Waals surface area contributed by atoms with Crippen molar-refractivity contribution in [1.29, 1.82) is 0 Å². The number of hydrogen-bond donors (Lipinski definition) is 1. The van der Waals surface area contributed by atoms with Gasteiger partial charge in [0.05, 0.1) is 18.7 Å². The van der Waals surface area contributed by atoms with Crippen molar-refractivity contribution >= 4 is 17.2 Å². The Kier molecular flexibility index (Phi) is 5.93. The van der Waals surface area contributed by atoms with E-state index in [4.69, 9.17) is 0 Å². The van der Waals surface area contributed by atoms with Crippen LogP contribution in [0.3, 0.4) is 0 Å². The lowest BCUT2D eigenvalue weighted by Gasteiger charge is -2.11. The molecular weight excluding hydrogens is 325 g/mol. The molecule has 0 atom stereocenters. The zero-order valence-electron chi connectivity index (χ0n) is 13.6. The summed E-state index contributed by atoms with van der Waals surface area (Å²) in [6.45, 7) is 3.61. The fourth-order valence-corrected chi connectivity index (χ4v) is 3.73. The molecule has 0 aliphatic carbocycles. The van der Waals surface area contributed by atoms with Crippen molar-refractivity contribution in [2.75, 3.05) is 19.6 Å². The fourth-order valence-electron chi connectivity index (χ4n) is 2.90. The maximum absolute atomic E-state index is 13.5. The van der Waals surface area contributed by atoms with Crippen molar-refractivity contribution in [3.63, 3.8) is 0 Å². The van der Waals surface area contributed by atoms with E-state index in [-0.39, 0.29) is 18.1 Å². The van der Waals surface area contributed by atoms with E-state index in [0.717, 1.165) is 30.3 Å². The van der Waals surface area contributed by atoms with Crippen LogP contribution in [-0.4, -0.2) is 35.4 Å².